The lowest BCUT2D eigenvalue weighted by atomic mass is 10.1. The molecule has 0 atom stereocenters. The second-order valence-corrected chi connectivity index (χ2v) is 3.17. The average molecular weight is 240 g/mol. The molecular weight excluding hydrogens is 228 g/mol. The van der Waals surface area contributed by atoms with Gasteiger partial charge in [0, 0.05) is 12.6 Å². The molecule has 7 heteroatoms. The molecule has 0 saturated heterocycles. The topological polar surface area (TPSA) is 102 Å². The lowest BCUT2D eigenvalue weighted by Crippen LogP contribution is -2.06. The zero-order valence-corrected chi connectivity index (χ0v) is 9.39. The maximum atomic E-state index is 10.9. The van der Waals surface area contributed by atoms with Gasteiger partial charge in [-0.2, -0.15) is 0 Å². The Kier molecular flexibility index (Phi) is 3.86. The van der Waals surface area contributed by atoms with Crippen molar-refractivity contribution in [3.8, 4) is 5.75 Å². The van der Waals surface area contributed by atoms with Crippen LogP contribution in [0.3, 0.4) is 0 Å². The Balaban J connectivity index is 3.45. The van der Waals surface area contributed by atoms with Crippen LogP contribution in [0.4, 0.5) is 11.4 Å². The lowest BCUT2D eigenvalue weighted by molar-refractivity contribution is -0.384. The van der Waals surface area contributed by atoms with Crippen molar-refractivity contribution in [1.82, 2.24) is 0 Å². The summed E-state index contributed by atoms with van der Waals surface area (Å²) in [6.45, 7) is 2.23. The molecule has 1 aromatic rings. The fourth-order valence-electron chi connectivity index (χ4n) is 1.38. The van der Waals surface area contributed by atoms with Crippen LogP contribution in [0.1, 0.15) is 17.3 Å². The van der Waals surface area contributed by atoms with Crippen LogP contribution in [-0.4, -0.2) is 29.7 Å². The minimum Gasteiger partial charge on any atom is -0.494 e. The zero-order valence-electron chi connectivity index (χ0n) is 9.39. The number of carbonyl (C=O) groups is 1. The summed E-state index contributed by atoms with van der Waals surface area (Å²) in [5.74, 6) is -1.10. The quantitative estimate of drug-likeness (QED) is 0.600. The maximum absolute atomic E-state index is 10.9. The van der Waals surface area contributed by atoms with Gasteiger partial charge < -0.3 is 15.2 Å². The van der Waals surface area contributed by atoms with E-state index in [2.05, 4.69) is 5.32 Å². The van der Waals surface area contributed by atoms with Gasteiger partial charge in [0.15, 0.2) is 5.69 Å². The summed E-state index contributed by atoms with van der Waals surface area (Å²) in [4.78, 5) is 21.0. The van der Waals surface area contributed by atoms with Gasteiger partial charge in [-0.05, 0) is 13.0 Å². The van der Waals surface area contributed by atoms with Crippen molar-refractivity contribution < 1.29 is 19.6 Å². The van der Waals surface area contributed by atoms with E-state index < -0.39 is 10.9 Å². The van der Waals surface area contributed by atoms with Crippen molar-refractivity contribution in [2.24, 2.45) is 0 Å². The molecule has 0 amide bonds. The van der Waals surface area contributed by atoms with Crippen molar-refractivity contribution in [2.45, 2.75) is 6.92 Å². The first-order valence-corrected chi connectivity index (χ1v) is 4.84. The Morgan fingerprint density at radius 3 is 2.65 bits per heavy atom. The predicted molar refractivity (Wildman–Crippen MR) is 60.8 cm³/mol. The molecule has 17 heavy (non-hydrogen) atoms. The molecule has 0 radical (unpaired) electrons. The molecule has 0 aliphatic heterocycles. The highest BCUT2D eigenvalue weighted by Crippen LogP contribution is 2.35. The second kappa shape index (κ2) is 5.15. The second-order valence-electron chi connectivity index (χ2n) is 3.17. The third kappa shape index (κ3) is 2.63. The van der Waals surface area contributed by atoms with Gasteiger partial charge in [0.1, 0.15) is 5.75 Å². The molecule has 0 aromatic heterocycles. The average Bonchev–Trinajstić information content (AvgIpc) is 2.28. The summed E-state index contributed by atoms with van der Waals surface area (Å²) in [6, 6.07) is 2.25. The molecule has 0 spiro atoms. The third-order valence-electron chi connectivity index (χ3n) is 2.10. The highest BCUT2D eigenvalue weighted by atomic mass is 16.6. The van der Waals surface area contributed by atoms with E-state index in [-0.39, 0.29) is 22.7 Å². The van der Waals surface area contributed by atoms with Crippen LogP contribution in [-0.2, 0) is 0 Å². The Morgan fingerprint density at radius 1 is 1.59 bits per heavy atom. The highest BCUT2D eigenvalue weighted by Gasteiger charge is 2.22. The van der Waals surface area contributed by atoms with E-state index in [0.717, 1.165) is 6.07 Å². The molecule has 0 unspecified atom stereocenters. The number of ether oxygens (including phenoxy) is 1. The monoisotopic (exact) mass is 240 g/mol. The third-order valence-corrected chi connectivity index (χ3v) is 2.10. The van der Waals surface area contributed by atoms with Gasteiger partial charge in [0.2, 0.25) is 0 Å². The van der Waals surface area contributed by atoms with Gasteiger partial charge in [-0.15, -0.1) is 0 Å². The van der Waals surface area contributed by atoms with E-state index in [1.54, 1.807) is 6.92 Å². The van der Waals surface area contributed by atoms with Gasteiger partial charge >= 0.3 is 5.97 Å². The minimum atomic E-state index is -1.24. The number of hydrogen-bond acceptors (Lipinski definition) is 5. The first-order chi connectivity index (χ1) is 8.01. The van der Waals surface area contributed by atoms with Crippen LogP contribution >= 0.6 is 0 Å². The number of nitro groups is 1. The van der Waals surface area contributed by atoms with Crippen molar-refractivity contribution in [2.75, 3.05) is 19.0 Å². The van der Waals surface area contributed by atoms with Crippen LogP contribution in [0.25, 0.3) is 0 Å². The Morgan fingerprint density at radius 2 is 2.24 bits per heavy atom. The molecular formula is C10H12N2O5. The number of carboxylic acids is 1. The molecule has 0 bridgehead atoms. The number of carboxylic acid groups (broad SMARTS) is 1. The number of anilines is 1. The Labute approximate surface area is 97.2 Å². The number of rotatable bonds is 5. The van der Waals surface area contributed by atoms with E-state index >= 15 is 0 Å². The zero-order chi connectivity index (χ0) is 13.0. The van der Waals surface area contributed by atoms with E-state index in [4.69, 9.17) is 9.84 Å². The summed E-state index contributed by atoms with van der Waals surface area (Å²) in [7, 11) is 1.32. The largest absolute Gasteiger partial charge is 0.494 e. The number of hydrogen-bond donors (Lipinski definition) is 2. The van der Waals surface area contributed by atoms with E-state index in [0.29, 0.717) is 6.54 Å². The number of aromatic carboxylic acids is 1. The molecule has 7 nitrogen and oxygen atoms in total. The summed E-state index contributed by atoms with van der Waals surface area (Å²) in [5.41, 5.74) is -0.316. The molecule has 0 saturated carbocycles. The summed E-state index contributed by atoms with van der Waals surface area (Å²) >= 11 is 0. The number of methoxy groups -OCH3 is 1. The molecule has 2 N–H and O–H groups in total. The van der Waals surface area contributed by atoms with E-state index in [1.165, 1.54) is 13.2 Å². The molecule has 0 aliphatic carbocycles. The number of nitro benzene ring substituents is 1. The van der Waals surface area contributed by atoms with Gasteiger partial charge in [-0.25, -0.2) is 4.79 Å². The van der Waals surface area contributed by atoms with Crippen LogP contribution in [0.5, 0.6) is 5.75 Å². The Bertz CT molecular complexity index is 458. The van der Waals surface area contributed by atoms with Crippen LogP contribution in [0, 0.1) is 10.1 Å². The number of nitrogens with one attached hydrogen (secondary N) is 1. The number of benzene rings is 1. The highest BCUT2D eigenvalue weighted by molar-refractivity contribution is 5.91. The summed E-state index contributed by atoms with van der Waals surface area (Å²) in [5, 5.41) is 22.5. The normalized spacial score (nSPS) is 9.76. The number of nitrogens with zero attached hydrogens (tertiary/aromatic N) is 1. The first kappa shape index (κ1) is 12.8. The Hall–Kier alpha value is -2.31. The standard InChI is InChI=1S/C10H12N2O5/c1-3-11-9-7(12(15)16)4-6(10(13)14)5-8(9)17-2/h4-5,11H,3H2,1-2H3,(H,13,14). The summed E-state index contributed by atoms with van der Waals surface area (Å²) < 4.78 is 4.95. The maximum Gasteiger partial charge on any atom is 0.336 e. The predicted octanol–water partition coefficient (Wildman–Crippen LogP) is 1.73. The smallest absolute Gasteiger partial charge is 0.336 e. The first-order valence-electron chi connectivity index (χ1n) is 4.84. The van der Waals surface area contributed by atoms with E-state index in [9.17, 15) is 14.9 Å². The lowest BCUT2D eigenvalue weighted by Gasteiger charge is -2.10. The SMILES string of the molecule is CCNc1c(OC)cc(C(=O)O)cc1[N+](=O)[O-]. The fourth-order valence-corrected chi connectivity index (χ4v) is 1.38. The molecule has 92 valence electrons. The van der Waals surface area contributed by atoms with Crippen molar-refractivity contribution >= 4 is 17.3 Å². The van der Waals surface area contributed by atoms with Gasteiger partial charge in [0.05, 0.1) is 17.6 Å². The van der Waals surface area contributed by atoms with Crippen LogP contribution in [0.2, 0.25) is 0 Å². The summed E-state index contributed by atoms with van der Waals surface area (Å²) in [6.07, 6.45) is 0. The fraction of sp³-hybridized carbons (Fsp3) is 0.300. The molecule has 0 aliphatic rings. The van der Waals surface area contributed by atoms with Gasteiger partial charge in [-0.1, -0.05) is 0 Å². The van der Waals surface area contributed by atoms with Crippen molar-refractivity contribution in [1.29, 1.82) is 0 Å². The van der Waals surface area contributed by atoms with Crippen LogP contribution in [0.15, 0.2) is 12.1 Å². The minimum absolute atomic E-state index is 0.137. The van der Waals surface area contributed by atoms with Gasteiger partial charge in [-0.3, -0.25) is 10.1 Å². The van der Waals surface area contributed by atoms with Crippen molar-refractivity contribution in [3.63, 3.8) is 0 Å². The van der Waals surface area contributed by atoms with Crippen LogP contribution < -0.4 is 10.1 Å². The molecule has 0 fully saturated rings. The van der Waals surface area contributed by atoms with E-state index in [1.807, 2.05) is 0 Å². The van der Waals surface area contributed by atoms with Crippen molar-refractivity contribution in [3.05, 3.63) is 27.8 Å². The van der Waals surface area contributed by atoms with Gasteiger partial charge in [0.25, 0.3) is 5.69 Å². The molecule has 0 heterocycles. The molecule has 1 aromatic carbocycles. The molecule has 1 rings (SSSR count).